The summed E-state index contributed by atoms with van der Waals surface area (Å²) in [5.41, 5.74) is 8.37. The lowest BCUT2D eigenvalue weighted by molar-refractivity contribution is -0.147. The van der Waals surface area contributed by atoms with Crippen molar-refractivity contribution in [2.45, 2.75) is 33.0 Å². The van der Waals surface area contributed by atoms with Gasteiger partial charge in [-0.2, -0.15) is 0 Å². The summed E-state index contributed by atoms with van der Waals surface area (Å²) in [5.74, 6) is 1.02. The van der Waals surface area contributed by atoms with Crippen molar-refractivity contribution in [3.63, 3.8) is 0 Å². The lowest BCUT2D eigenvalue weighted by atomic mass is 9.76. The second-order valence-corrected chi connectivity index (χ2v) is 4.54. The minimum atomic E-state index is -1.29. The van der Waals surface area contributed by atoms with Gasteiger partial charge in [-0.3, -0.25) is 0 Å². The first-order chi connectivity index (χ1) is 8.47. The van der Waals surface area contributed by atoms with Crippen molar-refractivity contribution in [2.24, 2.45) is 22.9 Å². The summed E-state index contributed by atoms with van der Waals surface area (Å²) >= 11 is 0. The molecule has 92 valence electrons. The molecule has 16 heavy (non-hydrogen) atoms. The molecule has 1 unspecified atom stereocenters. The Morgan fingerprint density at radius 3 is 2.75 bits per heavy atom. The molecule has 0 amide bonds. The van der Waals surface area contributed by atoms with Crippen LogP contribution in [0.5, 0.6) is 0 Å². The van der Waals surface area contributed by atoms with Gasteiger partial charge in [0.25, 0.3) is 0 Å². The second-order valence-electron chi connectivity index (χ2n) is 4.54. The van der Waals surface area contributed by atoms with E-state index in [2.05, 4.69) is 30.8 Å². The van der Waals surface area contributed by atoms with Gasteiger partial charge in [-0.1, -0.05) is 25.9 Å². The van der Waals surface area contributed by atoms with Gasteiger partial charge in [0.1, 0.15) is 0 Å². The number of hydrogen-bond donors (Lipinski definition) is 0. The summed E-state index contributed by atoms with van der Waals surface area (Å²) in [5, 5.41) is 3.58. The van der Waals surface area contributed by atoms with E-state index in [1.165, 1.54) is 0 Å². The van der Waals surface area contributed by atoms with Crippen molar-refractivity contribution in [3.05, 3.63) is 10.4 Å². The van der Waals surface area contributed by atoms with E-state index in [9.17, 15) is 0 Å². The maximum absolute atomic E-state index is 8.37. The molecule has 1 fully saturated rings. The average molecular weight is 230 g/mol. The van der Waals surface area contributed by atoms with Gasteiger partial charge in [0.15, 0.2) is 0 Å². The van der Waals surface area contributed by atoms with Crippen LogP contribution in [0.4, 0.5) is 0 Å². The zero-order valence-corrected chi connectivity index (χ0v) is 10.0. The number of rotatable bonds is 4. The van der Waals surface area contributed by atoms with Crippen molar-refractivity contribution in [1.29, 1.82) is 0 Å². The molecule has 1 rings (SSSR count). The predicted molar refractivity (Wildman–Crippen MR) is 62.0 cm³/mol. The smallest absolute Gasteiger partial charge is 0.0840 e. The van der Waals surface area contributed by atoms with Gasteiger partial charge < -0.3 is 9.47 Å². The van der Waals surface area contributed by atoms with Crippen molar-refractivity contribution >= 4 is 0 Å². The van der Waals surface area contributed by atoms with Gasteiger partial charge in [-0.15, -0.1) is 0 Å². The third-order valence-electron chi connectivity index (χ3n) is 3.77. The van der Waals surface area contributed by atoms with Gasteiger partial charge in [-0.05, 0) is 23.3 Å². The summed E-state index contributed by atoms with van der Waals surface area (Å²) < 4.78 is 24.9. The number of hydrogen-bond acceptors (Lipinski definition) is 3. The van der Waals surface area contributed by atoms with Crippen LogP contribution >= 0.6 is 0 Å². The largest absolute Gasteiger partial charge is 0.382 e. The first-order valence-electron chi connectivity index (χ1n) is 6.75. The summed E-state index contributed by atoms with van der Waals surface area (Å²) in [6.45, 7) is 6.88. The van der Waals surface area contributed by atoms with E-state index in [-0.39, 0.29) is 18.8 Å². The van der Waals surface area contributed by atoms with E-state index in [0.717, 1.165) is 0 Å². The highest BCUT2D eigenvalue weighted by Crippen LogP contribution is 2.35. The molecule has 1 saturated heterocycles. The summed E-state index contributed by atoms with van der Waals surface area (Å²) in [6.07, 6.45) is -0.260. The third kappa shape index (κ3) is 2.88. The molecule has 1 aliphatic rings. The van der Waals surface area contributed by atoms with Crippen LogP contribution in [0.15, 0.2) is 5.11 Å². The van der Waals surface area contributed by atoms with Crippen molar-refractivity contribution in [3.8, 4) is 0 Å². The minimum Gasteiger partial charge on any atom is -0.382 e. The van der Waals surface area contributed by atoms with E-state index in [1.807, 2.05) is 0 Å². The van der Waals surface area contributed by atoms with Gasteiger partial charge in [0, 0.05) is 12.0 Å². The molecule has 0 spiro atoms. The third-order valence-corrected chi connectivity index (χ3v) is 3.77. The molecule has 0 aromatic rings. The molecule has 0 aromatic heterocycles. The lowest BCUT2D eigenvalue weighted by Gasteiger charge is -2.43. The molecule has 0 N–H and O–H groups in total. The number of methoxy groups -OCH3 is 1. The first-order valence-corrected chi connectivity index (χ1v) is 5.59. The lowest BCUT2D eigenvalue weighted by Crippen LogP contribution is -2.47. The summed E-state index contributed by atoms with van der Waals surface area (Å²) in [4.78, 5) is 2.76. The molecule has 0 aromatic carbocycles. The topological polar surface area (TPSA) is 67.2 Å². The number of azide groups is 1. The molecule has 1 aliphatic heterocycles. The molecular weight excluding hydrogens is 206 g/mol. The molecule has 5 heteroatoms. The fraction of sp³-hybridized carbons (Fsp3) is 1.00. The molecular formula is C11H21N3O2. The minimum absolute atomic E-state index is 0.115. The highest BCUT2D eigenvalue weighted by molar-refractivity contribution is 4.86. The second kappa shape index (κ2) is 6.09. The average Bonchev–Trinajstić information content (AvgIpc) is 2.34. The Kier molecular flexibility index (Phi) is 3.95. The number of ether oxygens (including phenoxy) is 2. The highest BCUT2D eigenvalue weighted by atomic mass is 16.5. The van der Waals surface area contributed by atoms with Crippen LogP contribution in [0.3, 0.4) is 0 Å². The number of nitrogens with zero attached hydrogens (tertiary/aromatic N) is 3. The fourth-order valence-electron chi connectivity index (χ4n) is 2.24. The van der Waals surface area contributed by atoms with Gasteiger partial charge in [-0.25, -0.2) is 0 Å². The van der Waals surface area contributed by atoms with E-state index >= 15 is 0 Å². The van der Waals surface area contributed by atoms with Crippen LogP contribution < -0.4 is 0 Å². The van der Waals surface area contributed by atoms with Crippen molar-refractivity contribution in [1.82, 2.24) is 0 Å². The Balaban J connectivity index is 2.64. The molecule has 0 aliphatic carbocycles. The van der Waals surface area contributed by atoms with Gasteiger partial charge in [0.2, 0.25) is 0 Å². The maximum atomic E-state index is 8.37. The van der Waals surface area contributed by atoms with Crippen molar-refractivity contribution < 1.29 is 12.2 Å². The zero-order chi connectivity index (χ0) is 13.7. The molecule has 1 heterocycles. The van der Waals surface area contributed by atoms with E-state index in [4.69, 9.17) is 17.7 Å². The zero-order valence-electron chi connectivity index (χ0n) is 12.0. The quantitative estimate of drug-likeness (QED) is 0.423. The van der Waals surface area contributed by atoms with Gasteiger partial charge >= 0.3 is 0 Å². The molecule has 0 radical (unpaired) electrons. The van der Waals surface area contributed by atoms with E-state index in [1.54, 1.807) is 0 Å². The van der Waals surface area contributed by atoms with E-state index < -0.39 is 7.06 Å². The normalized spacial score (nSPS) is 42.8. The molecule has 5 nitrogen and oxygen atoms in total. The van der Waals surface area contributed by atoms with Crippen LogP contribution in [0.25, 0.3) is 10.4 Å². The van der Waals surface area contributed by atoms with Crippen LogP contribution in [0.1, 0.15) is 23.5 Å². The monoisotopic (exact) mass is 230 g/mol. The fourth-order valence-corrected chi connectivity index (χ4v) is 2.24. The summed E-state index contributed by atoms with van der Waals surface area (Å²) in [6, 6.07) is 0. The SMILES string of the molecule is [2H]C([3H])OC[C@H]1O[C@H](CN=[N+]=[N-])[C@H](C)[C@@H](C)[C@@H]1C. The van der Waals surface area contributed by atoms with Crippen molar-refractivity contribution in [2.75, 3.05) is 20.2 Å². The Morgan fingerprint density at radius 1 is 1.44 bits per heavy atom. The molecule has 0 saturated carbocycles. The standard InChI is InChI=1S/C11H21N3O2/c1-7-8(2)10(5-13-14-12)16-11(6-15-4)9(7)3/h7-11H,5-6H2,1-4H3/t7-,8-,9+,10-,11-/m1/s1/i4TD/t4?,7-,8-,9+,10-,11-. The Labute approximate surface area is 99.6 Å². The van der Waals surface area contributed by atoms with Crippen LogP contribution in [-0.2, 0) is 9.47 Å². The predicted octanol–water partition coefficient (Wildman–Crippen LogP) is 2.62. The summed E-state index contributed by atoms with van der Waals surface area (Å²) in [7, 11) is -1.29. The van der Waals surface area contributed by atoms with Crippen LogP contribution in [-0.4, -0.2) is 32.4 Å². The Morgan fingerprint density at radius 2 is 2.12 bits per heavy atom. The van der Waals surface area contributed by atoms with E-state index in [0.29, 0.717) is 24.3 Å². The molecule has 6 atom stereocenters. The maximum Gasteiger partial charge on any atom is 0.0840 e. The Hall–Kier alpha value is -0.770. The van der Waals surface area contributed by atoms with Crippen LogP contribution in [0, 0.1) is 17.8 Å². The van der Waals surface area contributed by atoms with Gasteiger partial charge in [0.05, 0.1) is 28.1 Å². The Bertz CT molecular complexity index is 311. The first kappa shape index (κ1) is 10.4. The van der Waals surface area contributed by atoms with Crippen LogP contribution in [0.2, 0.25) is 0 Å². The highest BCUT2D eigenvalue weighted by Gasteiger charge is 2.38. The molecule has 0 bridgehead atoms.